The van der Waals surface area contributed by atoms with E-state index in [2.05, 4.69) is 64.3 Å². The van der Waals surface area contributed by atoms with Gasteiger partial charge in [0.2, 0.25) is 0 Å². The minimum Gasteiger partial charge on any atom is -0.338 e. The van der Waals surface area contributed by atoms with E-state index < -0.39 is 0 Å². The van der Waals surface area contributed by atoms with E-state index in [0.29, 0.717) is 5.65 Å². The van der Waals surface area contributed by atoms with E-state index in [-0.39, 0.29) is 0 Å². The molecule has 0 unspecified atom stereocenters. The van der Waals surface area contributed by atoms with Gasteiger partial charge in [0.1, 0.15) is 5.65 Å². The first-order valence-electron chi connectivity index (χ1n) is 12.2. The molecule has 0 amide bonds. The molecule has 1 aliphatic heterocycles. The van der Waals surface area contributed by atoms with E-state index in [0.717, 1.165) is 69.7 Å². The first-order valence-corrected chi connectivity index (χ1v) is 12.2. The molecule has 7 heterocycles. The molecule has 0 spiro atoms. The molecule has 0 atom stereocenters. The second-order valence-electron chi connectivity index (χ2n) is 9.30. The van der Waals surface area contributed by atoms with Crippen LogP contribution in [0.1, 0.15) is 18.4 Å². The summed E-state index contributed by atoms with van der Waals surface area (Å²) >= 11 is 0. The van der Waals surface area contributed by atoms with Crippen molar-refractivity contribution in [1.82, 2.24) is 40.0 Å². The van der Waals surface area contributed by atoms with Gasteiger partial charge in [0, 0.05) is 71.2 Å². The summed E-state index contributed by atoms with van der Waals surface area (Å²) in [7, 11) is 0. The van der Waals surface area contributed by atoms with Crippen molar-refractivity contribution in [2.45, 2.75) is 19.4 Å². The molecule has 0 aliphatic carbocycles. The summed E-state index contributed by atoms with van der Waals surface area (Å²) in [6, 6.07) is 12.5. The van der Waals surface area contributed by atoms with Crippen molar-refractivity contribution in [3.8, 4) is 33.6 Å². The van der Waals surface area contributed by atoms with Crippen molar-refractivity contribution < 1.29 is 0 Å². The number of hydrogen-bond acceptors (Lipinski definition) is 6. The maximum atomic E-state index is 4.64. The van der Waals surface area contributed by atoms with Crippen molar-refractivity contribution in [2.24, 2.45) is 0 Å². The summed E-state index contributed by atoms with van der Waals surface area (Å²) in [5, 5.41) is 9.62. The highest BCUT2D eigenvalue weighted by Gasteiger charge is 2.16. The average Bonchev–Trinajstić information content (AvgIpc) is 3.68. The normalized spacial score (nSPS) is 14.2. The number of aromatic nitrogens is 7. The number of fused-ring (bicyclic) bond motifs is 2. The zero-order valence-corrected chi connectivity index (χ0v) is 19.6. The van der Waals surface area contributed by atoms with Gasteiger partial charge in [0.25, 0.3) is 0 Å². The average molecular weight is 473 g/mol. The number of nitrogens with zero attached hydrogens (tertiary/aromatic N) is 6. The van der Waals surface area contributed by atoms with Crippen LogP contribution in [0.2, 0.25) is 0 Å². The van der Waals surface area contributed by atoms with Gasteiger partial charge in [-0.05, 0) is 67.4 Å². The van der Waals surface area contributed by atoms with E-state index in [1.54, 1.807) is 6.20 Å². The van der Waals surface area contributed by atoms with E-state index in [1.165, 1.54) is 18.4 Å². The lowest BCUT2D eigenvalue weighted by atomic mass is 10.0. The molecule has 1 fully saturated rings. The summed E-state index contributed by atoms with van der Waals surface area (Å²) in [4.78, 5) is 23.9. The fourth-order valence-corrected chi connectivity index (χ4v) is 5.13. The molecular weight excluding hydrogens is 448 g/mol. The van der Waals surface area contributed by atoms with Gasteiger partial charge >= 0.3 is 0 Å². The molecule has 8 nitrogen and oxygen atoms in total. The highest BCUT2D eigenvalue weighted by Crippen LogP contribution is 2.34. The number of rotatable bonds is 5. The standard InChI is InChI=1S/C28H24N8/c1-2-9-36(8-1)17-18-10-20(15-30-13-18)21-11-24-26(34-35-28(24)32-16-21)25-12-23-22(5-7-31-27(23)33-25)19-4-3-6-29-14-19/h3-7,10-16H,1-2,8-9,17H2,(H,31,33)(H,32,34,35). The number of nitrogens with one attached hydrogen (secondary N) is 2. The summed E-state index contributed by atoms with van der Waals surface area (Å²) in [6.45, 7) is 3.27. The zero-order chi connectivity index (χ0) is 23.9. The largest absolute Gasteiger partial charge is 0.338 e. The second kappa shape index (κ2) is 8.66. The van der Waals surface area contributed by atoms with Crippen LogP contribution >= 0.6 is 0 Å². The number of aromatic amines is 2. The van der Waals surface area contributed by atoms with Crippen molar-refractivity contribution in [2.75, 3.05) is 13.1 Å². The van der Waals surface area contributed by atoms with Gasteiger partial charge in [-0.1, -0.05) is 6.07 Å². The maximum Gasteiger partial charge on any atom is 0.181 e. The molecule has 6 aromatic rings. The lowest BCUT2D eigenvalue weighted by molar-refractivity contribution is 0.331. The number of hydrogen-bond donors (Lipinski definition) is 2. The van der Waals surface area contributed by atoms with Gasteiger partial charge in [-0.25, -0.2) is 9.97 Å². The Bertz CT molecular complexity index is 1680. The van der Waals surface area contributed by atoms with Crippen LogP contribution in [0.3, 0.4) is 0 Å². The second-order valence-corrected chi connectivity index (χ2v) is 9.30. The van der Waals surface area contributed by atoms with Crippen LogP contribution in [0.15, 0.2) is 73.6 Å². The molecule has 0 radical (unpaired) electrons. The topological polar surface area (TPSA) is 99.3 Å². The predicted molar refractivity (Wildman–Crippen MR) is 140 cm³/mol. The molecular formula is C28H24N8. The molecule has 7 rings (SSSR count). The highest BCUT2D eigenvalue weighted by molar-refractivity contribution is 5.99. The lowest BCUT2D eigenvalue weighted by Gasteiger charge is -2.14. The van der Waals surface area contributed by atoms with Gasteiger partial charge in [-0.2, -0.15) is 5.10 Å². The Hall–Kier alpha value is -4.43. The monoisotopic (exact) mass is 472 g/mol. The Labute approximate surface area is 207 Å². The van der Waals surface area contributed by atoms with Crippen LogP contribution in [0.5, 0.6) is 0 Å². The van der Waals surface area contributed by atoms with Gasteiger partial charge in [0.05, 0.1) is 11.4 Å². The first kappa shape index (κ1) is 20.9. The summed E-state index contributed by atoms with van der Waals surface area (Å²) < 4.78 is 0. The third-order valence-corrected chi connectivity index (χ3v) is 6.92. The van der Waals surface area contributed by atoms with Crippen molar-refractivity contribution in [3.05, 3.63) is 79.1 Å². The Morgan fingerprint density at radius 2 is 1.69 bits per heavy atom. The minimum atomic E-state index is 0.675. The van der Waals surface area contributed by atoms with Crippen LogP contribution < -0.4 is 0 Å². The predicted octanol–water partition coefficient (Wildman–Crippen LogP) is 5.22. The molecule has 0 saturated carbocycles. The zero-order valence-electron chi connectivity index (χ0n) is 19.6. The number of H-pyrrole nitrogens is 2. The van der Waals surface area contributed by atoms with Crippen molar-refractivity contribution in [3.63, 3.8) is 0 Å². The minimum absolute atomic E-state index is 0.675. The molecule has 1 saturated heterocycles. The molecule has 6 aromatic heterocycles. The molecule has 2 N–H and O–H groups in total. The Morgan fingerprint density at radius 3 is 2.58 bits per heavy atom. The van der Waals surface area contributed by atoms with Crippen LogP contribution in [-0.4, -0.2) is 53.1 Å². The van der Waals surface area contributed by atoms with E-state index in [4.69, 9.17) is 0 Å². The van der Waals surface area contributed by atoms with Crippen LogP contribution in [0, 0.1) is 0 Å². The van der Waals surface area contributed by atoms with Gasteiger partial charge in [-0.3, -0.25) is 20.0 Å². The fraction of sp³-hybridized carbons (Fsp3) is 0.179. The van der Waals surface area contributed by atoms with Gasteiger partial charge in [0.15, 0.2) is 5.65 Å². The summed E-state index contributed by atoms with van der Waals surface area (Å²) in [5.74, 6) is 0. The van der Waals surface area contributed by atoms with E-state index in [9.17, 15) is 0 Å². The third kappa shape index (κ3) is 3.72. The van der Waals surface area contributed by atoms with Gasteiger partial charge < -0.3 is 4.98 Å². The van der Waals surface area contributed by atoms with Gasteiger partial charge in [-0.15, -0.1) is 0 Å². The van der Waals surface area contributed by atoms with Crippen LogP contribution in [0.25, 0.3) is 55.7 Å². The molecule has 0 bridgehead atoms. The number of likely N-dealkylation sites (tertiary alicyclic amines) is 1. The van der Waals surface area contributed by atoms with Crippen molar-refractivity contribution in [1.29, 1.82) is 0 Å². The summed E-state index contributed by atoms with van der Waals surface area (Å²) in [5.41, 5.74) is 8.73. The third-order valence-electron chi connectivity index (χ3n) is 6.92. The van der Waals surface area contributed by atoms with Crippen LogP contribution in [0.4, 0.5) is 0 Å². The highest BCUT2D eigenvalue weighted by atomic mass is 15.2. The molecule has 8 heteroatoms. The maximum absolute atomic E-state index is 4.64. The fourth-order valence-electron chi connectivity index (χ4n) is 5.13. The Morgan fingerprint density at radius 1 is 0.806 bits per heavy atom. The summed E-state index contributed by atoms with van der Waals surface area (Å²) in [6.07, 6.45) is 13.8. The SMILES string of the molecule is c1cncc(-c2ccnc3[nH]c(-c4[nH]nc5ncc(-c6cncc(CN7CCCC7)c6)cc45)cc23)c1. The van der Waals surface area contributed by atoms with Crippen molar-refractivity contribution >= 4 is 22.1 Å². The Kier molecular flexibility index (Phi) is 5.03. The van der Waals surface area contributed by atoms with E-state index >= 15 is 0 Å². The smallest absolute Gasteiger partial charge is 0.181 e. The molecule has 0 aromatic carbocycles. The lowest BCUT2D eigenvalue weighted by Crippen LogP contribution is -2.18. The molecule has 36 heavy (non-hydrogen) atoms. The van der Waals surface area contributed by atoms with E-state index in [1.807, 2.05) is 43.1 Å². The quantitative estimate of drug-likeness (QED) is 0.357. The Balaban J connectivity index is 1.28. The van der Waals surface area contributed by atoms with Crippen LogP contribution in [-0.2, 0) is 6.54 Å². The first-order chi connectivity index (χ1) is 17.8. The molecule has 176 valence electrons. The number of pyridine rings is 4. The molecule has 1 aliphatic rings.